The molecular weight excluding hydrogens is 170 g/mol. The van der Waals surface area contributed by atoms with Crippen molar-refractivity contribution in [3.63, 3.8) is 0 Å². The Morgan fingerprint density at radius 3 is 2.86 bits per heavy atom. The first kappa shape index (κ1) is 10.4. The molecule has 1 rings (SSSR count). The number of anilines is 1. The zero-order chi connectivity index (χ0) is 10.2. The van der Waals surface area contributed by atoms with Gasteiger partial charge >= 0.3 is 0 Å². The second kappa shape index (κ2) is 5.88. The number of nitrogens with one attached hydrogen (secondary N) is 1. The van der Waals surface area contributed by atoms with Gasteiger partial charge in [-0.3, -0.25) is 0 Å². The fraction of sp³-hybridized carbons (Fsp3) is 0.231. The summed E-state index contributed by atoms with van der Waals surface area (Å²) in [6, 6.07) is 11.5. The molecule has 72 valence electrons. The SMILES string of the molecule is C/C=C\C(=C/C)CNc1cc#ccc1. The first-order valence-corrected chi connectivity index (χ1v) is 4.76. The first-order valence-electron chi connectivity index (χ1n) is 4.76. The van der Waals surface area contributed by atoms with Gasteiger partial charge in [-0.2, -0.15) is 0 Å². The Hall–Kier alpha value is -1.68. The molecule has 1 heteroatoms. The first-order chi connectivity index (χ1) is 6.86. The summed E-state index contributed by atoms with van der Waals surface area (Å²) in [6.45, 7) is 4.91. The Bertz CT molecular complexity index is 309. The van der Waals surface area contributed by atoms with Crippen molar-refractivity contribution in [1.82, 2.24) is 0 Å². The van der Waals surface area contributed by atoms with Gasteiger partial charge in [-0.25, -0.2) is 0 Å². The maximum absolute atomic E-state index is 3.31. The van der Waals surface area contributed by atoms with Gasteiger partial charge in [0.05, 0.1) is 0 Å². The van der Waals surface area contributed by atoms with E-state index in [2.05, 4.69) is 29.6 Å². The van der Waals surface area contributed by atoms with Gasteiger partial charge in [0.25, 0.3) is 0 Å². The van der Waals surface area contributed by atoms with E-state index >= 15 is 0 Å². The normalized spacial score (nSPS) is 11.4. The molecule has 0 aliphatic rings. The van der Waals surface area contributed by atoms with Gasteiger partial charge in [0, 0.05) is 18.3 Å². The average Bonchev–Trinajstić information content (AvgIpc) is 2.25. The highest BCUT2D eigenvalue weighted by atomic mass is 14.9. The van der Waals surface area contributed by atoms with Crippen LogP contribution < -0.4 is 5.32 Å². The summed E-state index contributed by atoms with van der Waals surface area (Å²) in [5, 5.41) is 3.31. The van der Waals surface area contributed by atoms with Gasteiger partial charge in [-0.1, -0.05) is 30.4 Å². The van der Waals surface area contributed by atoms with E-state index in [1.54, 1.807) is 0 Å². The monoisotopic (exact) mass is 185 g/mol. The van der Waals surface area contributed by atoms with E-state index in [9.17, 15) is 0 Å². The van der Waals surface area contributed by atoms with Gasteiger partial charge in [0.2, 0.25) is 0 Å². The molecule has 0 atom stereocenters. The Kier molecular flexibility index (Phi) is 4.37. The van der Waals surface area contributed by atoms with Crippen molar-refractivity contribution in [2.45, 2.75) is 13.8 Å². The second-order valence-corrected chi connectivity index (χ2v) is 2.94. The van der Waals surface area contributed by atoms with E-state index in [1.807, 2.05) is 38.1 Å². The average molecular weight is 185 g/mol. The van der Waals surface area contributed by atoms with Gasteiger partial charge in [-0.15, -0.1) is 0 Å². The molecule has 0 bridgehead atoms. The Morgan fingerprint density at radius 1 is 1.43 bits per heavy atom. The van der Waals surface area contributed by atoms with Crippen LogP contribution in [0.5, 0.6) is 0 Å². The lowest BCUT2D eigenvalue weighted by Crippen LogP contribution is -2.02. The van der Waals surface area contributed by atoms with E-state index in [0.717, 1.165) is 12.2 Å². The Morgan fingerprint density at radius 2 is 2.29 bits per heavy atom. The smallest absolute Gasteiger partial charge is 0.0434 e. The largest absolute Gasteiger partial charge is 0.380 e. The third-order valence-electron chi connectivity index (χ3n) is 1.91. The molecule has 1 aromatic carbocycles. The molecule has 14 heavy (non-hydrogen) atoms. The molecule has 1 N–H and O–H groups in total. The maximum Gasteiger partial charge on any atom is 0.0434 e. The molecule has 1 nitrogen and oxygen atoms in total. The van der Waals surface area contributed by atoms with Crippen LogP contribution in [-0.4, -0.2) is 6.54 Å². The molecule has 1 aromatic rings. The van der Waals surface area contributed by atoms with E-state index in [-0.39, 0.29) is 0 Å². The molecule has 0 spiro atoms. The van der Waals surface area contributed by atoms with Gasteiger partial charge < -0.3 is 5.32 Å². The topological polar surface area (TPSA) is 12.0 Å². The van der Waals surface area contributed by atoms with Crippen molar-refractivity contribution in [3.8, 4) is 0 Å². The van der Waals surface area contributed by atoms with E-state index in [1.165, 1.54) is 5.57 Å². The summed E-state index contributed by atoms with van der Waals surface area (Å²) < 4.78 is 0. The van der Waals surface area contributed by atoms with E-state index in [4.69, 9.17) is 0 Å². The zero-order valence-corrected chi connectivity index (χ0v) is 8.67. The molecule has 0 saturated heterocycles. The fourth-order valence-electron chi connectivity index (χ4n) is 1.13. The predicted molar refractivity (Wildman–Crippen MR) is 61.2 cm³/mol. The lowest BCUT2D eigenvalue weighted by molar-refractivity contribution is 1.25. The predicted octanol–water partition coefficient (Wildman–Crippen LogP) is 3.22. The zero-order valence-electron chi connectivity index (χ0n) is 8.67. The van der Waals surface area contributed by atoms with Crippen LogP contribution in [0.3, 0.4) is 0 Å². The summed E-state index contributed by atoms with van der Waals surface area (Å²) in [5.41, 5.74) is 2.35. The lowest BCUT2D eigenvalue weighted by Gasteiger charge is -2.05. The maximum atomic E-state index is 3.31. The summed E-state index contributed by atoms with van der Waals surface area (Å²) >= 11 is 0. The lowest BCUT2D eigenvalue weighted by atomic mass is 10.2. The summed E-state index contributed by atoms with van der Waals surface area (Å²) in [7, 11) is 0. The summed E-state index contributed by atoms with van der Waals surface area (Å²) in [4.78, 5) is 0. The number of allylic oxidation sites excluding steroid dienone is 2. The third-order valence-corrected chi connectivity index (χ3v) is 1.91. The number of hydrogen-bond acceptors (Lipinski definition) is 1. The Balaban J connectivity index is 2.48. The van der Waals surface area contributed by atoms with Crippen LogP contribution in [0.4, 0.5) is 5.69 Å². The van der Waals surface area contributed by atoms with Crippen molar-refractivity contribution >= 4 is 5.69 Å². The highest BCUT2D eigenvalue weighted by Crippen LogP contribution is 2.04. The molecule has 0 saturated carbocycles. The van der Waals surface area contributed by atoms with Crippen LogP contribution in [-0.2, 0) is 0 Å². The van der Waals surface area contributed by atoms with Gasteiger partial charge in [0.15, 0.2) is 0 Å². The molecular formula is C13H15N. The van der Waals surface area contributed by atoms with Crippen LogP contribution in [0.2, 0.25) is 0 Å². The van der Waals surface area contributed by atoms with Crippen LogP contribution in [0.25, 0.3) is 0 Å². The highest BCUT2D eigenvalue weighted by molar-refractivity contribution is 5.43. The van der Waals surface area contributed by atoms with Crippen LogP contribution in [0, 0.1) is 12.1 Å². The van der Waals surface area contributed by atoms with Gasteiger partial charge in [-0.05, 0) is 31.6 Å². The molecule has 0 unspecified atom stereocenters. The summed E-state index contributed by atoms with van der Waals surface area (Å²) in [6.07, 6.45) is 6.25. The molecule has 0 aromatic heterocycles. The van der Waals surface area contributed by atoms with Gasteiger partial charge in [0.1, 0.15) is 0 Å². The minimum absolute atomic E-state index is 0.846. The minimum Gasteiger partial charge on any atom is -0.380 e. The van der Waals surface area contributed by atoms with Crippen molar-refractivity contribution in [3.05, 3.63) is 54.1 Å². The van der Waals surface area contributed by atoms with E-state index in [0.29, 0.717) is 0 Å². The molecule has 0 aliphatic carbocycles. The standard InChI is InChI=1S/C13H15N/c1-3-8-12(4-2)11-14-13-9-6-5-7-10-13/h3-4,6,8-10,14H,11H2,1-2H3/b8-3-,12-4+. The van der Waals surface area contributed by atoms with Crippen molar-refractivity contribution < 1.29 is 0 Å². The number of rotatable bonds is 4. The molecule has 0 fully saturated rings. The summed E-state index contributed by atoms with van der Waals surface area (Å²) in [5.74, 6) is 0. The Labute approximate surface area is 86.2 Å². The molecule has 0 radical (unpaired) electrons. The van der Waals surface area contributed by atoms with Crippen molar-refractivity contribution in [2.75, 3.05) is 11.9 Å². The third kappa shape index (κ3) is 3.37. The molecule has 0 amide bonds. The number of hydrogen-bond donors (Lipinski definition) is 1. The second-order valence-electron chi connectivity index (χ2n) is 2.94. The fourth-order valence-corrected chi connectivity index (χ4v) is 1.13. The quantitative estimate of drug-likeness (QED) is 0.710. The van der Waals surface area contributed by atoms with Crippen molar-refractivity contribution in [2.24, 2.45) is 0 Å². The molecule has 0 aliphatic heterocycles. The minimum atomic E-state index is 0.846. The van der Waals surface area contributed by atoms with Crippen molar-refractivity contribution in [1.29, 1.82) is 0 Å². The highest BCUT2D eigenvalue weighted by Gasteiger charge is 1.91. The van der Waals surface area contributed by atoms with E-state index < -0.39 is 0 Å². The van der Waals surface area contributed by atoms with Crippen LogP contribution >= 0.6 is 0 Å². The van der Waals surface area contributed by atoms with Crippen LogP contribution in [0.1, 0.15) is 13.8 Å². The van der Waals surface area contributed by atoms with Crippen LogP contribution in [0.15, 0.2) is 42.0 Å². The molecule has 0 heterocycles.